The number of carbonyl (C=O) groups is 2. The maximum atomic E-state index is 11.8. The predicted octanol–water partition coefficient (Wildman–Crippen LogP) is 5.70. The third kappa shape index (κ3) is 4.44. The SMILES string of the molecule is COc1cc(C=C2SC(=O)NC2=O)ccc1OCCN1c2ccccc2Sc2ccccc21. The fourth-order valence-corrected chi connectivity index (χ4v) is 5.51. The first-order valence-electron chi connectivity index (χ1n) is 10.3. The van der Waals surface area contributed by atoms with Crippen LogP contribution in [0.1, 0.15) is 5.56 Å². The van der Waals surface area contributed by atoms with Crippen molar-refractivity contribution in [2.24, 2.45) is 0 Å². The molecule has 0 unspecified atom stereocenters. The lowest BCUT2D eigenvalue weighted by Gasteiger charge is -2.32. The van der Waals surface area contributed by atoms with E-state index in [1.807, 2.05) is 24.3 Å². The molecule has 0 spiro atoms. The molecule has 0 saturated carbocycles. The van der Waals surface area contributed by atoms with Gasteiger partial charge in [-0.3, -0.25) is 14.9 Å². The lowest BCUT2D eigenvalue weighted by molar-refractivity contribution is -0.115. The Balaban J connectivity index is 1.32. The average molecular weight is 477 g/mol. The van der Waals surface area contributed by atoms with Crippen LogP contribution in [0, 0.1) is 0 Å². The third-order valence-corrected chi connectivity index (χ3v) is 7.17. The Morgan fingerprint density at radius 2 is 1.61 bits per heavy atom. The maximum absolute atomic E-state index is 11.8. The topological polar surface area (TPSA) is 67.9 Å². The molecule has 0 bridgehead atoms. The summed E-state index contributed by atoms with van der Waals surface area (Å²) in [6, 6.07) is 22.2. The van der Waals surface area contributed by atoms with Crippen LogP contribution >= 0.6 is 23.5 Å². The van der Waals surface area contributed by atoms with Gasteiger partial charge in [0.05, 0.1) is 29.9 Å². The second kappa shape index (κ2) is 9.25. The molecule has 2 amide bonds. The number of anilines is 2. The number of benzene rings is 3. The zero-order chi connectivity index (χ0) is 22.8. The Labute approximate surface area is 200 Å². The molecule has 5 rings (SSSR count). The van der Waals surface area contributed by atoms with Gasteiger partial charge in [0.15, 0.2) is 11.5 Å². The third-order valence-electron chi connectivity index (χ3n) is 5.23. The second-order valence-electron chi connectivity index (χ2n) is 7.30. The summed E-state index contributed by atoms with van der Waals surface area (Å²) in [7, 11) is 1.58. The smallest absolute Gasteiger partial charge is 0.290 e. The first kappa shape index (κ1) is 21.5. The van der Waals surface area contributed by atoms with Crippen molar-refractivity contribution in [3.05, 3.63) is 77.2 Å². The summed E-state index contributed by atoms with van der Waals surface area (Å²) < 4.78 is 11.6. The molecule has 0 aliphatic carbocycles. The number of nitrogens with zero attached hydrogens (tertiary/aromatic N) is 1. The minimum absolute atomic E-state index is 0.357. The maximum Gasteiger partial charge on any atom is 0.290 e. The highest BCUT2D eigenvalue weighted by Gasteiger charge is 2.25. The van der Waals surface area contributed by atoms with E-state index in [0.29, 0.717) is 29.6 Å². The minimum atomic E-state index is -0.385. The Kier molecular flexibility index (Phi) is 6.02. The van der Waals surface area contributed by atoms with E-state index >= 15 is 0 Å². The van der Waals surface area contributed by atoms with Crippen LogP contribution in [0.5, 0.6) is 11.5 Å². The van der Waals surface area contributed by atoms with E-state index < -0.39 is 0 Å². The molecule has 8 heteroatoms. The molecule has 0 atom stereocenters. The summed E-state index contributed by atoms with van der Waals surface area (Å²) in [5, 5.41) is 1.89. The fraction of sp³-hybridized carbons (Fsp3) is 0.120. The van der Waals surface area contributed by atoms with Crippen LogP contribution in [-0.4, -0.2) is 31.4 Å². The van der Waals surface area contributed by atoms with Gasteiger partial charge in [-0.1, -0.05) is 42.1 Å². The number of thioether (sulfide) groups is 1. The quantitative estimate of drug-likeness (QED) is 0.458. The van der Waals surface area contributed by atoms with Gasteiger partial charge < -0.3 is 14.4 Å². The predicted molar refractivity (Wildman–Crippen MR) is 132 cm³/mol. The first-order chi connectivity index (χ1) is 16.1. The van der Waals surface area contributed by atoms with Crippen molar-refractivity contribution in [1.29, 1.82) is 0 Å². The van der Waals surface area contributed by atoms with Gasteiger partial charge in [-0.15, -0.1) is 0 Å². The number of rotatable bonds is 6. The Hall–Kier alpha value is -3.36. The van der Waals surface area contributed by atoms with Gasteiger partial charge in [0.25, 0.3) is 11.1 Å². The van der Waals surface area contributed by atoms with Crippen molar-refractivity contribution in [3.8, 4) is 11.5 Å². The van der Waals surface area contributed by atoms with Gasteiger partial charge in [0.2, 0.25) is 0 Å². The molecule has 3 aromatic carbocycles. The highest BCUT2D eigenvalue weighted by molar-refractivity contribution is 8.18. The summed E-state index contributed by atoms with van der Waals surface area (Å²) >= 11 is 2.66. The number of hydrogen-bond acceptors (Lipinski definition) is 7. The van der Waals surface area contributed by atoms with E-state index in [-0.39, 0.29) is 11.1 Å². The normalized spacial score (nSPS) is 15.8. The fourth-order valence-electron chi connectivity index (χ4n) is 3.73. The molecule has 0 radical (unpaired) electrons. The number of ether oxygens (including phenoxy) is 2. The second-order valence-corrected chi connectivity index (χ2v) is 9.40. The molecule has 166 valence electrons. The van der Waals surface area contributed by atoms with E-state index in [1.54, 1.807) is 31.0 Å². The standard InChI is InChI=1S/C25H20N2O4S2/c1-30-20-14-16(15-23-24(28)26-25(29)33-23)10-11-19(20)31-13-12-27-17-6-2-4-8-21(17)32-22-9-5-3-7-18(22)27/h2-11,14-15H,12-13H2,1H3,(H,26,28,29). The highest BCUT2D eigenvalue weighted by Crippen LogP contribution is 2.47. The molecule has 1 N–H and O–H groups in total. The molecule has 33 heavy (non-hydrogen) atoms. The molecular weight excluding hydrogens is 456 g/mol. The van der Waals surface area contributed by atoms with E-state index in [4.69, 9.17) is 9.47 Å². The number of para-hydroxylation sites is 2. The summed E-state index contributed by atoms with van der Waals surface area (Å²) in [6.07, 6.45) is 1.66. The number of carbonyl (C=O) groups excluding carboxylic acids is 2. The Morgan fingerprint density at radius 1 is 0.909 bits per heavy atom. The number of fused-ring (bicyclic) bond motifs is 2. The van der Waals surface area contributed by atoms with Gasteiger partial charge >= 0.3 is 0 Å². The van der Waals surface area contributed by atoms with Gasteiger partial charge in [-0.05, 0) is 59.8 Å². The van der Waals surface area contributed by atoms with E-state index in [0.717, 1.165) is 17.3 Å². The van der Waals surface area contributed by atoms with Crippen LogP contribution in [0.4, 0.5) is 16.2 Å². The molecule has 2 aliphatic heterocycles. The monoisotopic (exact) mass is 476 g/mol. The van der Waals surface area contributed by atoms with Crippen molar-refractivity contribution in [1.82, 2.24) is 5.32 Å². The van der Waals surface area contributed by atoms with Crippen molar-refractivity contribution in [3.63, 3.8) is 0 Å². The largest absolute Gasteiger partial charge is 0.493 e. The van der Waals surface area contributed by atoms with E-state index in [9.17, 15) is 9.59 Å². The number of methoxy groups -OCH3 is 1. The van der Waals surface area contributed by atoms with Gasteiger partial charge in [0, 0.05) is 9.79 Å². The number of nitrogens with one attached hydrogen (secondary N) is 1. The lowest BCUT2D eigenvalue weighted by Crippen LogP contribution is -2.26. The zero-order valence-corrected chi connectivity index (χ0v) is 19.4. The van der Waals surface area contributed by atoms with Gasteiger partial charge in [0.1, 0.15) is 6.61 Å². The molecular formula is C25H20N2O4S2. The molecule has 1 fully saturated rings. The number of hydrogen-bond donors (Lipinski definition) is 1. The average Bonchev–Trinajstić information content (AvgIpc) is 3.15. The van der Waals surface area contributed by atoms with Crippen molar-refractivity contribution in [2.75, 3.05) is 25.2 Å². The van der Waals surface area contributed by atoms with Crippen LogP contribution in [0.15, 0.2) is 81.4 Å². The lowest BCUT2D eigenvalue weighted by atomic mass is 10.2. The van der Waals surface area contributed by atoms with Crippen LogP contribution in [0.25, 0.3) is 6.08 Å². The first-order valence-corrected chi connectivity index (χ1v) is 11.9. The highest BCUT2D eigenvalue weighted by atomic mass is 32.2. The molecule has 2 aliphatic rings. The van der Waals surface area contributed by atoms with Gasteiger partial charge in [-0.2, -0.15) is 0 Å². The number of amides is 2. The molecule has 6 nitrogen and oxygen atoms in total. The van der Waals surface area contributed by atoms with E-state index in [1.165, 1.54) is 21.2 Å². The molecule has 1 saturated heterocycles. The summed E-state index contributed by atoms with van der Waals surface area (Å²) in [4.78, 5) is 28.2. The van der Waals surface area contributed by atoms with Crippen LogP contribution < -0.4 is 19.7 Å². The number of imide groups is 1. The molecule has 2 heterocycles. The summed E-state index contributed by atoms with van der Waals surface area (Å²) in [6.45, 7) is 1.12. The van der Waals surface area contributed by atoms with E-state index in [2.05, 4.69) is 46.6 Å². The van der Waals surface area contributed by atoms with Crippen LogP contribution in [-0.2, 0) is 4.79 Å². The van der Waals surface area contributed by atoms with Crippen LogP contribution in [0.2, 0.25) is 0 Å². The summed E-state index contributed by atoms with van der Waals surface area (Å²) in [5.74, 6) is 0.797. The Bertz CT molecular complexity index is 1230. The van der Waals surface area contributed by atoms with Crippen LogP contribution in [0.3, 0.4) is 0 Å². The van der Waals surface area contributed by atoms with Crippen molar-refractivity contribution in [2.45, 2.75) is 9.79 Å². The Morgan fingerprint density at radius 3 is 2.24 bits per heavy atom. The van der Waals surface area contributed by atoms with Crippen molar-refractivity contribution < 1.29 is 19.1 Å². The summed E-state index contributed by atoms with van der Waals surface area (Å²) in [5.41, 5.74) is 3.09. The zero-order valence-electron chi connectivity index (χ0n) is 17.7. The molecule has 0 aromatic heterocycles. The minimum Gasteiger partial charge on any atom is -0.493 e. The molecule has 3 aromatic rings. The van der Waals surface area contributed by atoms with Gasteiger partial charge in [-0.25, -0.2) is 0 Å². The van der Waals surface area contributed by atoms with Crippen molar-refractivity contribution >= 4 is 52.1 Å².